The first-order valence-corrected chi connectivity index (χ1v) is 10.2. The van der Waals surface area contributed by atoms with E-state index >= 15 is 0 Å². The predicted molar refractivity (Wildman–Crippen MR) is 118 cm³/mol. The van der Waals surface area contributed by atoms with Crippen molar-refractivity contribution in [2.75, 3.05) is 0 Å². The number of hydrogen-bond acceptors (Lipinski definition) is 0. The molecule has 0 aliphatic rings. The molecule has 0 bridgehead atoms. The Morgan fingerprint density at radius 3 is 1.89 bits per heavy atom. The molecule has 0 saturated carbocycles. The van der Waals surface area contributed by atoms with Gasteiger partial charge in [-0.05, 0) is 12.0 Å². The Kier molecular flexibility index (Phi) is 9.30. The van der Waals surface area contributed by atoms with Crippen LogP contribution in [0.15, 0.2) is 106 Å². The van der Waals surface area contributed by atoms with Crippen molar-refractivity contribution >= 4 is 31.9 Å². The molecule has 0 heterocycles. The van der Waals surface area contributed by atoms with Gasteiger partial charge in [-0.15, -0.1) is 15.9 Å². The minimum absolute atomic E-state index is 0. The van der Waals surface area contributed by atoms with Gasteiger partial charge >= 0.3 is 0 Å². The van der Waals surface area contributed by atoms with Gasteiger partial charge in [0, 0.05) is 17.1 Å². The summed E-state index contributed by atoms with van der Waals surface area (Å²) in [6.45, 7) is 0. The second-order valence-corrected chi connectivity index (χ2v) is 7.83. The molecule has 0 aliphatic carbocycles. The van der Waals surface area contributed by atoms with Crippen LogP contribution in [0.2, 0.25) is 0 Å². The van der Waals surface area contributed by atoms with Crippen molar-refractivity contribution in [3.8, 4) is 0 Å². The van der Waals surface area contributed by atoms with Crippen molar-refractivity contribution in [3.05, 3.63) is 128 Å². The number of benzene rings is 2. The summed E-state index contributed by atoms with van der Waals surface area (Å²) in [5.74, 6) is 0. The van der Waals surface area contributed by atoms with Gasteiger partial charge in [0.15, 0.2) is 0 Å². The van der Waals surface area contributed by atoms with Gasteiger partial charge in [-0.25, -0.2) is 12.1 Å². The Morgan fingerprint density at radius 2 is 1.37 bits per heavy atom. The fourth-order valence-corrected chi connectivity index (χ4v) is 3.64. The molecule has 0 aromatic heterocycles. The maximum Gasteiger partial charge on any atom is 0 e. The van der Waals surface area contributed by atoms with E-state index < -0.39 is 0 Å². The van der Waals surface area contributed by atoms with E-state index in [1.807, 2.05) is 12.1 Å². The van der Waals surface area contributed by atoms with Crippen molar-refractivity contribution in [2.24, 2.45) is 0 Å². The molecule has 0 N–H and O–H groups in total. The van der Waals surface area contributed by atoms with Gasteiger partial charge in [-0.2, -0.15) is 18.1 Å². The predicted octanol–water partition coefficient (Wildman–Crippen LogP) is 7.52. The Hall–Kier alpha value is -1.38. The van der Waals surface area contributed by atoms with Crippen LogP contribution in [0.5, 0.6) is 0 Å². The molecule has 0 amide bonds. The summed E-state index contributed by atoms with van der Waals surface area (Å²) in [5, 5.41) is 0. The molecule has 4 aromatic carbocycles. The van der Waals surface area contributed by atoms with E-state index in [9.17, 15) is 0 Å². The summed E-state index contributed by atoms with van der Waals surface area (Å²) >= 11 is 7.05. The summed E-state index contributed by atoms with van der Waals surface area (Å²) in [5.41, 5.74) is 5.42. The molecule has 4 rings (SSSR count). The van der Waals surface area contributed by atoms with Gasteiger partial charge in [-0.1, -0.05) is 70.7 Å². The average molecular weight is 524 g/mol. The summed E-state index contributed by atoms with van der Waals surface area (Å²) in [6, 6.07) is 33.6. The molecule has 27 heavy (non-hydrogen) atoms. The van der Waals surface area contributed by atoms with Crippen molar-refractivity contribution in [1.29, 1.82) is 0 Å². The quantitative estimate of drug-likeness (QED) is 0.192. The van der Waals surface area contributed by atoms with Crippen LogP contribution in [-0.2, 0) is 29.9 Å². The Balaban J connectivity index is 0.000000187. The second kappa shape index (κ2) is 11.5. The van der Waals surface area contributed by atoms with E-state index in [1.54, 1.807) is 0 Å². The summed E-state index contributed by atoms with van der Waals surface area (Å²) in [6.07, 6.45) is 2.02. The van der Waals surface area contributed by atoms with Crippen LogP contribution >= 0.6 is 31.9 Å². The first-order chi connectivity index (χ1) is 12.7. The zero-order valence-electron chi connectivity index (χ0n) is 14.8. The van der Waals surface area contributed by atoms with Crippen LogP contribution in [0.1, 0.15) is 22.3 Å². The first-order valence-electron chi connectivity index (χ1n) is 8.60. The SMILES string of the molecule is Br[c-]1[cH-][cH-][cH-][c-]1Cc1ccccc1.Br[c-]1cccc1Cc1ccccc1.[Fe]. The molecule has 0 fully saturated rings. The summed E-state index contributed by atoms with van der Waals surface area (Å²) in [4.78, 5) is 0. The standard InChI is InChI=1S/2C12H10Br.Fe/c2*13-12-8-4-7-11(12)9-10-5-2-1-3-6-10;/h2*1-8H,9H2;/q-5;-1;. The molecule has 0 atom stereocenters. The molecule has 0 nitrogen and oxygen atoms in total. The molecule has 144 valence electrons. The fourth-order valence-electron chi connectivity index (χ4n) is 2.79. The van der Waals surface area contributed by atoms with E-state index in [1.165, 1.54) is 31.2 Å². The molecule has 0 radical (unpaired) electrons. The van der Waals surface area contributed by atoms with E-state index in [2.05, 4.69) is 117 Å². The third-order valence-corrected chi connectivity index (χ3v) is 5.72. The smallest absolute Gasteiger partial charge is 0 e. The van der Waals surface area contributed by atoms with E-state index in [4.69, 9.17) is 0 Å². The molecule has 0 spiro atoms. The van der Waals surface area contributed by atoms with Crippen molar-refractivity contribution in [2.45, 2.75) is 12.8 Å². The molecular formula is C24H20Br2Fe-6. The van der Waals surface area contributed by atoms with Gasteiger partial charge in [0.2, 0.25) is 0 Å². The van der Waals surface area contributed by atoms with Crippen LogP contribution in [0.25, 0.3) is 0 Å². The number of halogens is 2. The third-order valence-electron chi connectivity index (χ3n) is 4.17. The largest absolute Gasteiger partial charge is 0.747 e. The Bertz CT molecular complexity index is 830. The third kappa shape index (κ3) is 6.93. The van der Waals surface area contributed by atoms with Crippen molar-refractivity contribution in [1.82, 2.24) is 0 Å². The Labute approximate surface area is 189 Å². The van der Waals surface area contributed by atoms with Gasteiger partial charge in [0.25, 0.3) is 0 Å². The van der Waals surface area contributed by atoms with Crippen molar-refractivity contribution < 1.29 is 17.1 Å². The number of rotatable bonds is 4. The molecule has 3 heteroatoms. The minimum atomic E-state index is 0. The zero-order valence-corrected chi connectivity index (χ0v) is 19.0. The topological polar surface area (TPSA) is 0 Å². The summed E-state index contributed by atoms with van der Waals surface area (Å²) in [7, 11) is 0. The molecular weight excluding hydrogens is 504 g/mol. The maximum atomic E-state index is 3.52. The first kappa shape index (κ1) is 21.9. The minimum Gasteiger partial charge on any atom is -0.747 e. The fraction of sp³-hybridized carbons (Fsp3) is 0.0833. The van der Waals surface area contributed by atoms with Gasteiger partial charge in [0.1, 0.15) is 0 Å². The maximum absolute atomic E-state index is 3.52. The van der Waals surface area contributed by atoms with E-state index in [-0.39, 0.29) is 17.1 Å². The van der Waals surface area contributed by atoms with E-state index in [0.717, 1.165) is 12.8 Å². The zero-order chi connectivity index (χ0) is 18.2. The normalized spacial score (nSPS) is 9.85. The monoisotopic (exact) mass is 522 g/mol. The average Bonchev–Trinajstić information content (AvgIpc) is 3.26. The van der Waals surface area contributed by atoms with Crippen LogP contribution in [0.3, 0.4) is 0 Å². The molecule has 0 unspecified atom stereocenters. The summed E-state index contributed by atoms with van der Waals surface area (Å²) < 4.78 is 2.41. The van der Waals surface area contributed by atoms with Gasteiger partial charge in [-0.3, -0.25) is 0 Å². The Morgan fingerprint density at radius 1 is 0.741 bits per heavy atom. The second-order valence-electron chi connectivity index (χ2n) is 6.12. The molecule has 0 saturated heterocycles. The molecule has 0 aliphatic heterocycles. The number of hydrogen-bond donors (Lipinski definition) is 0. The van der Waals surface area contributed by atoms with Crippen molar-refractivity contribution in [3.63, 3.8) is 0 Å². The van der Waals surface area contributed by atoms with E-state index in [0.29, 0.717) is 0 Å². The van der Waals surface area contributed by atoms with Crippen LogP contribution in [-0.4, -0.2) is 0 Å². The van der Waals surface area contributed by atoms with Gasteiger partial charge in [0.05, 0.1) is 0 Å². The molecule has 4 aromatic rings. The van der Waals surface area contributed by atoms with Crippen LogP contribution < -0.4 is 0 Å². The van der Waals surface area contributed by atoms with Crippen LogP contribution in [0, 0.1) is 0 Å². The van der Waals surface area contributed by atoms with Crippen LogP contribution in [0.4, 0.5) is 0 Å². The van der Waals surface area contributed by atoms with Gasteiger partial charge < -0.3 is 44.2 Å².